The number of aromatic nitrogens is 1. The van der Waals surface area contributed by atoms with Crippen LogP contribution in [0.2, 0.25) is 0 Å². The fraction of sp³-hybridized carbons (Fsp3) is 0.0476. The Kier molecular flexibility index (Phi) is 5.95. The van der Waals surface area contributed by atoms with Crippen LogP contribution in [0.4, 0.5) is 28.4 Å². The molecule has 0 saturated carbocycles. The van der Waals surface area contributed by atoms with Crippen molar-refractivity contribution in [1.29, 1.82) is 0 Å². The molecule has 214 valence electrons. The van der Waals surface area contributed by atoms with E-state index in [2.05, 4.69) is 190 Å². The third kappa shape index (κ3) is 4.12. The molecule has 9 rings (SSSR count). The number of para-hydroxylation sites is 4. The van der Waals surface area contributed by atoms with Crippen LogP contribution in [-0.4, -0.2) is 10.6 Å². The molecule has 1 aliphatic heterocycles. The van der Waals surface area contributed by atoms with Crippen LogP contribution in [0.3, 0.4) is 0 Å². The lowest BCUT2D eigenvalue weighted by Crippen LogP contribution is -2.28. The van der Waals surface area contributed by atoms with Gasteiger partial charge < -0.3 is 14.4 Å². The largest absolute Gasteiger partial charge is 0.333 e. The number of nitrogens with zero attached hydrogens (tertiary/aromatic N) is 3. The number of rotatable bonds is 5. The van der Waals surface area contributed by atoms with Crippen molar-refractivity contribution in [3.05, 3.63) is 182 Å². The summed E-state index contributed by atoms with van der Waals surface area (Å²) in [6.45, 7) is 0. The van der Waals surface area contributed by atoms with Crippen LogP contribution in [0.15, 0.2) is 176 Å². The summed E-state index contributed by atoms with van der Waals surface area (Å²) in [6, 6.07) is 55.0. The first-order valence-corrected chi connectivity index (χ1v) is 15.6. The predicted octanol–water partition coefficient (Wildman–Crippen LogP) is 11.0. The van der Waals surface area contributed by atoms with Crippen LogP contribution in [0, 0.1) is 0 Å². The van der Waals surface area contributed by atoms with E-state index in [9.17, 15) is 0 Å². The Labute approximate surface area is 263 Å². The molecule has 2 unspecified atom stereocenters. The molecule has 0 spiro atoms. The molecule has 6 aromatic carbocycles. The average molecular weight is 578 g/mol. The van der Waals surface area contributed by atoms with Crippen molar-refractivity contribution < 1.29 is 0 Å². The highest BCUT2D eigenvalue weighted by molar-refractivity contribution is 6.09. The molecule has 2 aliphatic rings. The van der Waals surface area contributed by atoms with E-state index < -0.39 is 0 Å². The topological polar surface area (TPSA) is 11.4 Å². The Balaban J connectivity index is 1.11. The first-order valence-electron chi connectivity index (χ1n) is 15.6. The summed E-state index contributed by atoms with van der Waals surface area (Å²) in [6.07, 6.45) is 9.01. The van der Waals surface area contributed by atoms with Crippen molar-refractivity contribution >= 4 is 50.2 Å². The Hall–Kier alpha value is -5.80. The van der Waals surface area contributed by atoms with Crippen LogP contribution in [0.1, 0.15) is 11.5 Å². The second-order valence-electron chi connectivity index (χ2n) is 11.8. The van der Waals surface area contributed by atoms with Gasteiger partial charge in [-0.2, -0.15) is 0 Å². The Morgan fingerprint density at radius 3 is 1.67 bits per heavy atom. The Morgan fingerprint density at radius 2 is 0.978 bits per heavy atom. The fourth-order valence-electron chi connectivity index (χ4n) is 7.33. The van der Waals surface area contributed by atoms with Crippen LogP contribution in [0.25, 0.3) is 27.5 Å². The van der Waals surface area contributed by atoms with Crippen LogP contribution >= 0.6 is 0 Å². The van der Waals surface area contributed by atoms with Gasteiger partial charge in [0.25, 0.3) is 0 Å². The van der Waals surface area contributed by atoms with Crippen molar-refractivity contribution in [3.8, 4) is 5.69 Å². The fourth-order valence-corrected chi connectivity index (χ4v) is 7.33. The molecular formula is C42H31N3. The van der Waals surface area contributed by atoms with Gasteiger partial charge in [-0.15, -0.1) is 0 Å². The first kappa shape index (κ1) is 25.7. The van der Waals surface area contributed by atoms with Gasteiger partial charge in [0.1, 0.15) is 0 Å². The Bertz CT molecular complexity index is 2170. The molecule has 3 nitrogen and oxygen atoms in total. The first-order chi connectivity index (χ1) is 22.3. The second kappa shape index (κ2) is 10.4. The van der Waals surface area contributed by atoms with Crippen molar-refractivity contribution in [2.24, 2.45) is 0 Å². The number of allylic oxidation sites excluding steroid dienone is 2. The third-order valence-electron chi connectivity index (χ3n) is 9.31. The molecule has 0 bridgehead atoms. The predicted molar refractivity (Wildman–Crippen MR) is 189 cm³/mol. The highest BCUT2D eigenvalue weighted by atomic mass is 15.2. The van der Waals surface area contributed by atoms with E-state index in [-0.39, 0.29) is 6.04 Å². The number of fused-ring (bicyclic) bond motifs is 6. The molecular weight excluding hydrogens is 546 g/mol. The summed E-state index contributed by atoms with van der Waals surface area (Å²) in [5, 5.41) is 2.55. The number of benzene rings is 6. The molecule has 0 fully saturated rings. The lowest BCUT2D eigenvalue weighted by molar-refractivity contribution is 0.745. The number of hydrogen-bond acceptors (Lipinski definition) is 2. The minimum atomic E-state index is 0.289. The average Bonchev–Trinajstić information content (AvgIpc) is 3.63. The summed E-state index contributed by atoms with van der Waals surface area (Å²) < 4.78 is 2.37. The molecule has 2 atom stereocenters. The van der Waals surface area contributed by atoms with E-state index >= 15 is 0 Å². The summed E-state index contributed by atoms with van der Waals surface area (Å²) in [7, 11) is 0. The highest BCUT2D eigenvalue weighted by Crippen LogP contribution is 2.48. The molecule has 0 N–H and O–H groups in total. The van der Waals surface area contributed by atoms with Crippen molar-refractivity contribution in [3.63, 3.8) is 0 Å². The van der Waals surface area contributed by atoms with Gasteiger partial charge >= 0.3 is 0 Å². The highest BCUT2D eigenvalue weighted by Gasteiger charge is 2.37. The maximum absolute atomic E-state index is 2.48. The monoisotopic (exact) mass is 577 g/mol. The van der Waals surface area contributed by atoms with Crippen LogP contribution in [0.5, 0.6) is 0 Å². The normalized spacial score (nSPS) is 16.7. The van der Waals surface area contributed by atoms with Gasteiger partial charge in [-0.25, -0.2) is 0 Å². The van der Waals surface area contributed by atoms with Crippen molar-refractivity contribution in [2.45, 2.75) is 12.0 Å². The molecule has 2 heterocycles. The number of hydrogen-bond donors (Lipinski definition) is 0. The molecule has 0 radical (unpaired) electrons. The zero-order valence-corrected chi connectivity index (χ0v) is 24.7. The smallest absolute Gasteiger partial charge is 0.0629 e. The molecule has 0 saturated heterocycles. The molecule has 45 heavy (non-hydrogen) atoms. The van der Waals surface area contributed by atoms with Gasteiger partial charge in [0.15, 0.2) is 0 Å². The van der Waals surface area contributed by atoms with E-state index in [0.717, 1.165) is 22.7 Å². The van der Waals surface area contributed by atoms with Gasteiger partial charge in [-0.05, 0) is 84.4 Å². The molecule has 1 aliphatic carbocycles. The molecule has 0 amide bonds. The van der Waals surface area contributed by atoms with Crippen LogP contribution in [-0.2, 0) is 0 Å². The minimum Gasteiger partial charge on any atom is -0.333 e. The van der Waals surface area contributed by atoms with E-state index in [1.165, 1.54) is 38.7 Å². The van der Waals surface area contributed by atoms with Gasteiger partial charge in [-0.1, -0.05) is 97.1 Å². The SMILES string of the molecule is C1=CC2c3ccccc3N(c3ccc(N(c4ccccc4)c4ccc(-n5c6ccccc6c6ccccc65)cc4)cc3)C2C=C1. The quantitative estimate of drug-likeness (QED) is 0.202. The standard InChI is InChI=1S/C42H31N3/c1-2-12-30(13-3-1)43(31-22-26-33(27-23-31)44-39-18-8-4-14-35(39)36-15-5-9-19-40(36)44)32-24-28-34(29-25-32)45-41-20-10-6-16-37(41)38-17-7-11-21-42(38)45/h1-29,35,39H. The summed E-state index contributed by atoms with van der Waals surface area (Å²) in [5.74, 6) is 0.375. The lowest BCUT2D eigenvalue weighted by atomic mass is 9.91. The van der Waals surface area contributed by atoms with Gasteiger partial charge in [0, 0.05) is 50.8 Å². The van der Waals surface area contributed by atoms with Crippen LogP contribution < -0.4 is 9.80 Å². The third-order valence-corrected chi connectivity index (χ3v) is 9.31. The maximum Gasteiger partial charge on any atom is 0.0629 e. The van der Waals surface area contributed by atoms with Crippen molar-refractivity contribution in [1.82, 2.24) is 4.57 Å². The second-order valence-corrected chi connectivity index (χ2v) is 11.8. The van der Waals surface area contributed by atoms with E-state index in [4.69, 9.17) is 0 Å². The minimum absolute atomic E-state index is 0.289. The summed E-state index contributed by atoms with van der Waals surface area (Å²) >= 11 is 0. The molecule has 7 aromatic rings. The Morgan fingerprint density at radius 1 is 0.444 bits per heavy atom. The van der Waals surface area contributed by atoms with E-state index in [1.807, 2.05) is 0 Å². The lowest BCUT2D eigenvalue weighted by Gasteiger charge is -2.30. The summed E-state index contributed by atoms with van der Waals surface area (Å²) in [5.41, 5.74) is 10.8. The van der Waals surface area contributed by atoms with E-state index in [0.29, 0.717) is 5.92 Å². The zero-order chi connectivity index (χ0) is 29.7. The zero-order valence-electron chi connectivity index (χ0n) is 24.7. The van der Waals surface area contributed by atoms with Gasteiger partial charge in [0.2, 0.25) is 0 Å². The van der Waals surface area contributed by atoms with Crippen molar-refractivity contribution in [2.75, 3.05) is 9.80 Å². The summed E-state index contributed by atoms with van der Waals surface area (Å²) in [4.78, 5) is 4.82. The van der Waals surface area contributed by atoms with E-state index in [1.54, 1.807) is 0 Å². The molecule has 1 aromatic heterocycles. The maximum atomic E-state index is 2.48. The molecule has 3 heteroatoms. The number of anilines is 5. The van der Waals surface area contributed by atoms with Gasteiger partial charge in [-0.3, -0.25) is 0 Å². The van der Waals surface area contributed by atoms with Gasteiger partial charge in [0.05, 0.1) is 17.1 Å².